The number of nitrogens with zero attached hydrogens (tertiary/aromatic N) is 3. The predicted octanol–water partition coefficient (Wildman–Crippen LogP) is 4.23. The second kappa shape index (κ2) is 5.00. The molecule has 108 valence electrons. The van der Waals surface area contributed by atoms with Gasteiger partial charge in [-0.15, -0.1) is 11.3 Å². The van der Waals surface area contributed by atoms with E-state index < -0.39 is 11.7 Å². The van der Waals surface area contributed by atoms with Gasteiger partial charge in [-0.3, -0.25) is 0 Å². The van der Waals surface area contributed by atoms with Crippen molar-refractivity contribution in [1.82, 2.24) is 14.5 Å². The molecule has 3 aromatic rings. The normalized spacial score (nSPS) is 11.8. The van der Waals surface area contributed by atoms with E-state index in [1.54, 1.807) is 28.4 Å². The third-order valence-electron chi connectivity index (χ3n) is 3.03. The number of halogens is 3. The first-order valence-electron chi connectivity index (χ1n) is 6.06. The van der Waals surface area contributed by atoms with Crippen LogP contribution in [0, 0.1) is 0 Å². The Morgan fingerprint density at radius 3 is 2.62 bits per heavy atom. The van der Waals surface area contributed by atoms with Crippen molar-refractivity contribution in [2.45, 2.75) is 6.18 Å². The van der Waals surface area contributed by atoms with Crippen LogP contribution in [0.4, 0.5) is 13.2 Å². The number of hydrogen-bond acceptors (Lipinski definition) is 3. The van der Waals surface area contributed by atoms with E-state index in [0.717, 1.165) is 6.07 Å². The minimum atomic E-state index is -4.40. The molecular weight excluding hydrogens is 299 g/mol. The van der Waals surface area contributed by atoms with Crippen LogP contribution in [-0.4, -0.2) is 14.5 Å². The Labute approximate surface area is 122 Å². The summed E-state index contributed by atoms with van der Waals surface area (Å²) in [5, 5.41) is 2.21. The highest BCUT2D eigenvalue weighted by molar-refractivity contribution is 7.13. The van der Waals surface area contributed by atoms with Crippen LogP contribution in [0.5, 0.6) is 0 Å². The van der Waals surface area contributed by atoms with Gasteiger partial charge in [0.2, 0.25) is 0 Å². The molecule has 3 nitrogen and oxygen atoms in total. The zero-order valence-electron chi connectivity index (χ0n) is 10.9. The van der Waals surface area contributed by atoms with E-state index in [1.165, 1.54) is 23.5 Å². The summed E-state index contributed by atoms with van der Waals surface area (Å²) in [6, 6.07) is 5.44. The van der Waals surface area contributed by atoms with Crippen LogP contribution in [0.3, 0.4) is 0 Å². The summed E-state index contributed by atoms with van der Waals surface area (Å²) >= 11 is 1.27. The van der Waals surface area contributed by atoms with Crippen LogP contribution < -0.4 is 0 Å². The molecule has 7 heteroatoms. The molecule has 0 N–H and O–H groups in total. The average Bonchev–Trinajstić information content (AvgIpc) is 3.06. The van der Waals surface area contributed by atoms with Gasteiger partial charge in [-0.2, -0.15) is 13.2 Å². The van der Waals surface area contributed by atoms with Gasteiger partial charge >= 0.3 is 6.18 Å². The maximum atomic E-state index is 13.0. The van der Waals surface area contributed by atoms with Gasteiger partial charge in [0.15, 0.2) is 10.8 Å². The highest BCUT2D eigenvalue weighted by Gasteiger charge is 2.33. The first-order chi connectivity index (χ1) is 9.97. The molecule has 0 bridgehead atoms. The summed E-state index contributed by atoms with van der Waals surface area (Å²) in [6.45, 7) is 0. The Bertz CT molecular complexity index is 774. The summed E-state index contributed by atoms with van der Waals surface area (Å²) in [6.07, 6.45) is -1.01. The van der Waals surface area contributed by atoms with Crippen molar-refractivity contribution in [2.75, 3.05) is 0 Å². The second-order valence-corrected chi connectivity index (χ2v) is 5.30. The number of aromatic nitrogens is 3. The number of aryl methyl sites for hydroxylation is 1. The number of alkyl halides is 3. The SMILES string of the molecule is Cn1ccnc1-c1nc(-c2ccccc2C(F)(F)F)cs1. The van der Waals surface area contributed by atoms with Crippen molar-refractivity contribution in [3.05, 3.63) is 47.6 Å². The van der Waals surface area contributed by atoms with Gasteiger partial charge in [0.1, 0.15) is 0 Å². The molecule has 2 aromatic heterocycles. The lowest BCUT2D eigenvalue weighted by Crippen LogP contribution is -2.06. The second-order valence-electron chi connectivity index (χ2n) is 4.44. The average molecular weight is 309 g/mol. The Hall–Kier alpha value is -2.15. The Balaban J connectivity index is 2.08. The van der Waals surface area contributed by atoms with Gasteiger partial charge in [-0.25, -0.2) is 9.97 Å². The predicted molar refractivity (Wildman–Crippen MR) is 74.8 cm³/mol. The van der Waals surface area contributed by atoms with Crippen molar-refractivity contribution in [2.24, 2.45) is 7.05 Å². The van der Waals surface area contributed by atoms with Gasteiger partial charge in [0.25, 0.3) is 0 Å². The molecule has 0 aliphatic carbocycles. The lowest BCUT2D eigenvalue weighted by Gasteiger charge is -2.10. The van der Waals surface area contributed by atoms with E-state index in [0.29, 0.717) is 16.5 Å². The molecule has 0 aliphatic rings. The lowest BCUT2D eigenvalue weighted by molar-refractivity contribution is -0.137. The Kier molecular flexibility index (Phi) is 3.29. The van der Waals surface area contributed by atoms with Crippen LogP contribution in [0.2, 0.25) is 0 Å². The number of rotatable bonds is 2. The monoisotopic (exact) mass is 309 g/mol. The summed E-state index contributed by atoms with van der Waals surface area (Å²) in [4.78, 5) is 8.45. The third kappa shape index (κ3) is 2.56. The number of benzene rings is 1. The fourth-order valence-corrected chi connectivity index (χ4v) is 2.88. The largest absolute Gasteiger partial charge is 0.417 e. The molecular formula is C14H10F3N3S. The summed E-state index contributed by atoms with van der Waals surface area (Å²) in [7, 11) is 1.81. The molecule has 0 aliphatic heterocycles. The maximum Gasteiger partial charge on any atom is 0.417 e. The van der Waals surface area contributed by atoms with Crippen LogP contribution >= 0.6 is 11.3 Å². The summed E-state index contributed by atoms with van der Waals surface area (Å²) in [5.74, 6) is 0.635. The van der Waals surface area contributed by atoms with E-state index in [-0.39, 0.29) is 5.56 Å². The van der Waals surface area contributed by atoms with Crippen molar-refractivity contribution < 1.29 is 13.2 Å². The standard InChI is InChI=1S/C14H10F3N3S/c1-20-7-6-18-12(20)13-19-11(8-21-13)9-4-2-3-5-10(9)14(15,16)17/h2-8H,1H3. The van der Waals surface area contributed by atoms with Gasteiger partial charge < -0.3 is 4.57 Å². The Morgan fingerprint density at radius 2 is 1.95 bits per heavy atom. The van der Waals surface area contributed by atoms with Gasteiger partial charge in [-0.05, 0) is 6.07 Å². The molecule has 2 heterocycles. The van der Waals surface area contributed by atoms with Crippen LogP contribution in [0.25, 0.3) is 22.1 Å². The van der Waals surface area contributed by atoms with Crippen LogP contribution in [0.1, 0.15) is 5.56 Å². The topological polar surface area (TPSA) is 30.7 Å². The smallest absolute Gasteiger partial charge is 0.332 e. The molecule has 0 fully saturated rings. The van der Waals surface area contributed by atoms with Gasteiger partial charge in [-0.1, -0.05) is 18.2 Å². The number of imidazole rings is 1. The molecule has 0 unspecified atom stereocenters. The van der Waals surface area contributed by atoms with E-state index >= 15 is 0 Å². The van der Waals surface area contributed by atoms with E-state index in [4.69, 9.17) is 0 Å². The molecule has 21 heavy (non-hydrogen) atoms. The number of hydrogen-bond donors (Lipinski definition) is 0. The minimum Gasteiger partial charge on any atom is -0.332 e. The molecule has 0 spiro atoms. The first-order valence-corrected chi connectivity index (χ1v) is 6.94. The molecule has 0 atom stereocenters. The van der Waals surface area contributed by atoms with E-state index in [1.807, 2.05) is 7.05 Å². The summed E-state index contributed by atoms with van der Waals surface area (Å²) < 4.78 is 40.9. The van der Waals surface area contributed by atoms with Crippen molar-refractivity contribution in [3.63, 3.8) is 0 Å². The molecule has 0 saturated carbocycles. The zero-order valence-corrected chi connectivity index (χ0v) is 11.7. The zero-order chi connectivity index (χ0) is 15.0. The quantitative estimate of drug-likeness (QED) is 0.709. The first kappa shape index (κ1) is 13.8. The maximum absolute atomic E-state index is 13.0. The molecule has 0 amide bonds. The summed E-state index contributed by atoms with van der Waals surface area (Å²) in [5.41, 5.74) is -0.283. The van der Waals surface area contributed by atoms with Crippen LogP contribution in [0.15, 0.2) is 42.0 Å². The Morgan fingerprint density at radius 1 is 1.19 bits per heavy atom. The lowest BCUT2D eigenvalue weighted by atomic mass is 10.1. The van der Waals surface area contributed by atoms with Gasteiger partial charge in [0, 0.05) is 30.4 Å². The van der Waals surface area contributed by atoms with Crippen molar-refractivity contribution >= 4 is 11.3 Å². The fraction of sp³-hybridized carbons (Fsp3) is 0.143. The van der Waals surface area contributed by atoms with E-state index in [9.17, 15) is 13.2 Å². The molecule has 0 saturated heterocycles. The highest BCUT2D eigenvalue weighted by Crippen LogP contribution is 2.38. The van der Waals surface area contributed by atoms with E-state index in [2.05, 4.69) is 9.97 Å². The molecule has 0 radical (unpaired) electrons. The molecule has 3 rings (SSSR count). The highest BCUT2D eigenvalue weighted by atomic mass is 32.1. The van der Waals surface area contributed by atoms with Crippen molar-refractivity contribution in [1.29, 1.82) is 0 Å². The van der Waals surface area contributed by atoms with Crippen LogP contribution in [-0.2, 0) is 13.2 Å². The third-order valence-corrected chi connectivity index (χ3v) is 3.86. The molecule has 1 aromatic carbocycles. The fourth-order valence-electron chi connectivity index (χ4n) is 2.03. The van der Waals surface area contributed by atoms with Crippen molar-refractivity contribution in [3.8, 4) is 22.1 Å². The van der Waals surface area contributed by atoms with Gasteiger partial charge in [0.05, 0.1) is 11.3 Å². The number of thiazole rings is 1. The minimum absolute atomic E-state index is 0.0849.